The Morgan fingerprint density at radius 2 is 2.05 bits per heavy atom. The standard InChI is InChI=1S/C16H20N4/c1-2-9-20-10-5-6-13(20)11-17-12-16-18-14-7-3-4-8-15(14)19-16/h3-8,10,17H,2,9,11-12H2,1H3,(H,18,19). The lowest BCUT2D eigenvalue weighted by molar-refractivity contribution is 0.595. The van der Waals surface area contributed by atoms with Gasteiger partial charge in [-0.05, 0) is 30.7 Å². The molecule has 2 aromatic heterocycles. The summed E-state index contributed by atoms with van der Waals surface area (Å²) in [5, 5.41) is 3.45. The van der Waals surface area contributed by atoms with Crippen molar-refractivity contribution in [2.24, 2.45) is 0 Å². The molecule has 3 aromatic rings. The minimum Gasteiger partial charge on any atom is -0.350 e. The van der Waals surface area contributed by atoms with Crippen LogP contribution >= 0.6 is 0 Å². The zero-order valence-electron chi connectivity index (χ0n) is 11.8. The van der Waals surface area contributed by atoms with Gasteiger partial charge in [0.25, 0.3) is 0 Å². The second kappa shape index (κ2) is 5.92. The van der Waals surface area contributed by atoms with Gasteiger partial charge in [0.2, 0.25) is 0 Å². The van der Waals surface area contributed by atoms with Gasteiger partial charge in [-0.1, -0.05) is 19.1 Å². The van der Waals surface area contributed by atoms with Gasteiger partial charge in [-0.25, -0.2) is 4.98 Å². The van der Waals surface area contributed by atoms with Crippen LogP contribution in [0.1, 0.15) is 24.9 Å². The average molecular weight is 268 g/mol. The van der Waals surface area contributed by atoms with Crippen molar-refractivity contribution in [1.82, 2.24) is 19.9 Å². The molecule has 0 atom stereocenters. The summed E-state index contributed by atoms with van der Waals surface area (Å²) in [6, 6.07) is 12.4. The molecule has 1 aromatic carbocycles. The number of hydrogen-bond donors (Lipinski definition) is 2. The largest absolute Gasteiger partial charge is 0.350 e. The molecule has 0 fully saturated rings. The van der Waals surface area contributed by atoms with E-state index in [1.807, 2.05) is 18.2 Å². The van der Waals surface area contributed by atoms with E-state index in [2.05, 4.69) is 51.2 Å². The molecule has 0 saturated heterocycles. The zero-order valence-corrected chi connectivity index (χ0v) is 11.8. The Morgan fingerprint density at radius 3 is 2.90 bits per heavy atom. The number of nitrogens with one attached hydrogen (secondary N) is 2. The number of imidazole rings is 1. The van der Waals surface area contributed by atoms with Crippen LogP contribution < -0.4 is 5.32 Å². The van der Waals surface area contributed by atoms with Gasteiger partial charge >= 0.3 is 0 Å². The molecule has 2 N–H and O–H groups in total. The van der Waals surface area contributed by atoms with Crippen LogP contribution in [0.4, 0.5) is 0 Å². The lowest BCUT2D eigenvalue weighted by Gasteiger charge is -2.08. The molecule has 0 aliphatic rings. The van der Waals surface area contributed by atoms with E-state index in [-0.39, 0.29) is 0 Å². The number of aromatic nitrogens is 3. The van der Waals surface area contributed by atoms with Gasteiger partial charge in [0, 0.05) is 25.0 Å². The Bertz CT molecular complexity index is 647. The number of aromatic amines is 1. The number of rotatable bonds is 6. The van der Waals surface area contributed by atoms with Gasteiger partial charge in [-0.3, -0.25) is 0 Å². The monoisotopic (exact) mass is 268 g/mol. The number of benzene rings is 1. The summed E-state index contributed by atoms with van der Waals surface area (Å²) < 4.78 is 2.30. The number of para-hydroxylation sites is 2. The minimum atomic E-state index is 0.756. The first-order chi connectivity index (χ1) is 9.86. The topological polar surface area (TPSA) is 45.6 Å². The molecule has 0 amide bonds. The Balaban J connectivity index is 1.60. The SMILES string of the molecule is CCCn1cccc1CNCc1nc2ccccc2[nH]1. The second-order valence-electron chi connectivity index (χ2n) is 5.00. The molecule has 0 spiro atoms. The third kappa shape index (κ3) is 2.75. The summed E-state index contributed by atoms with van der Waals surface area (Å²) >= 11 is 0. The number of nitrogens with zero attached hydrogens (tertiary/aromatic N) is 2. The maximum absolute atomic E-state index is 4.57. The van der Waals surface area contributed by atoms with Crippen LogP contribution in [-0.4, -0.2) is 14.5 Å². The van der Waals surface area contributed by atoms with E-state index in [4.69, 9.17) is 0 Å². The molecule has 4 nitrogen and oxygen atoms in total. The molecule has 0 saturated carbocycles. The molecule has 104 valence electrons. The van der Waals surface area contributed by atoms with Crippen molar-refractivity contribution in [2.75, 3.05) is 0 Å². The van der Waals surface area contributed by atoms with Gasteiger partial charge in [0.1, 0.15) is 5.82 Å². The predicted molar refractivity (Wildman–Crippen MR) is 81.4 cm³/mol. The number of H-pyrrole nitrogens is 1. The molecule has 4 heteroatoms. The lowest BCUT2D eigenvalue weighted by atomic mass is 10.3. The first-order valence-electron chi connectivity index (χ1n) is 7.15. The molecule has 2 heterocycles. The maximum atomic E-state index is 4.57. The lowest BCUT2D eigenvalue weighted by Crippen LogP contribution is -2.16. The van der Waals surface area contributed by atoms with E-state index >= 15 is 0 Å². The van der Waals surface area contributed by atoms with Gasteiger partial charge in [-0.2, -0.15) is 0 Å². The highest BCUT2D eigenvalue weighted by Crippen LogP contribution is 2.10. The smallest absolute Gasteiger partial charge is 0.121 e. The molecular formula is C16H20N4. The fourth-order valence-electron chi connectivity index (χ4n) is 2.47. The summed E-state index contributed by atoms with van der Waals surface area (Å²) in [5.74, 6) is 0.986. The Hall–Kier alpha value is -2.07. The molecule has 20 heavy (non-hydrogen) atoms. The molecule has 0 aliphatic carbocycles. The molecule has 3 rings (SSSR count). The van der Waals surface area contributed by atoms with Crippen LogP contribution in [0.25, 0.3) is 11.0 Å². The van der Waals surface area contributed by atoms with Crippen molar-refractivity contribution >= 4 is 11.0 Å². The second-order valence-corrected chi connectivity index (χ2v) is 5.00. The van der Waals surface area contributed by atoms with E-state index < -0.39 is 0 Å². The highest BCUT2D eigenvalue weighted by molar-refractivity contribution is 5.74. The maximum Gasteiger partial charge on any atom is 0.121 e. The van der Waals surface area contributed by atoms with Crippen LogP contribution in [0.3, 0.4) is 0 Å². The fourth-order valence-corrected chi connectivity index (χ4v) is 2.47. The fraction of sp³-hybridized carbons (Fsp3) is 0.312. The molecular weight excluding hydrogens is 248 g/mol. The van der Waals surface area contributed by atoms with Gasteiger partial charge in [-0.15, -0.1) is 0 Å². The Labute approximate surface area is 118 Å². The van der Waals surface area contributed by atoms with Gasteiger partial charge < -0.3 is 14.9 Å². The normalized spacial score (nSPS) is 11.2. The average Bonchev–Trinajstić information content (AvgIpc) is 3.06. The van der Waals surface area contributed by atoms with Crippen molar-refractivity contribution < 1.29 is 0 Å². The third-order valence-electron chi connectivity index (χ3n) is 3.43. The first kappa shape index (κ1) is 12.9. The van der Waals surface area contributed by atoms with E-state index in [0.717, 1.165) is 42.9 Å². The van der Waals surface area contributed by atoms with Crippen LogP contribution in [0.2, 0.25) is 0 Å². The summed E-state index contributed by atoms with van der Waals surface area (Å²) in [4.78, 5) is 7.90. The highest BCUT2D eigenvalue weighted by atomic mass is 15.0. The minimum absolute atomic E-state index is 0.756. The van der Waals surface area contributed by atoms with Crippen LogP contribution in [0, 0.1) is 0 Å². The van der Waals surface area contributed by atoms with E-state index in [1.165, 1.54) is 5.69 Å². The zero-order chi connectivity index (χ0) is 13.8. The third-order valence-corrected chi connectivity index (χ3v) is 3.43. The van der Waals surface area contributed by atoms with Crippen molar-refractivity contribution in [3.63, 3.8) is 0 Å². The van der Waals surface area contributed by atoms with Gasteiger partial charge in [0.15, 0.2) is 0 Å². The van der Waals surface area contributed by atoms with Crippen molar-refractivity contribution in [3.05, 3.63) is 54.1 Å². The molecule has 0 radical (unpaired) electrons. The van der Waals surface area contributed by atoms with Crippen LogP contribution in [0.15, 0.2) is 42.6 Å². The van der Waals surface area contributed by atoms with Crippen molar-refractivity contribution in [2.45, 2.75) is 33.0 Å². The van der Waals surface area contributed by atoms with E-state index in [1.54, 1.807) is 0 Å². The molecule has 0 unspecified atom stereocenters. The number of fused-ring (bicyclic) bond motifs is 1. The summed E-state index contributed by atoms with van der Waals surface area (Å²) in [6.45, 7) is 4.90. The van der Waals surface area contributed by atoms with E-state index in [0.29, 0.717) is 0 Å². The molecule has 0 bridgehead atoms. The quantitative estimate of drug-likeness (QED) is 0.721. The highest BCUT2D eigenvalue weighted by Gasteiger charge is 2.03. The van der Waals surface area contributed by atoms with Gasteiger partial charge in [0.05, 0.1) is 17.6 Å². The Kier molecular flexibility index (Phi) is 3.83. The predicted octanol–water partition coefficient (Wildman–Crippen LogP) is 3.06. The summed E-state index contributed by atoms with van der Waals surface area (Å²) in [7, 11) is 0. The van der Waals surface area contributed by atoms with Crippen LogP contribution in [-0.2, 0) is 19.6 Å². The van der Waals surface area contributed by atoms with Crippen molar-refractivity contribution in [3.8, 4) is 0 Å². The van der Waals surface area contributed by atoms with Crippen LogP contribution in [0.5, 0.6) is 0 Å². The van der Waals surface area contributed by atoms with E-state index in [9.17, 15) is 0 Å². The number of aryl methyl sites for hydroxylation is 1. The molecule has 0 aliphatic heterocycles. The first-order valence-corrected chi connectivity index (χ1v) is 7.15. The summed E-state index contributed by atoms with van der Waals surface area (Å²) in [5.41, 5.74) is 3.44. The Morgan fingerprint density at radius 1 is 1.15 bits per heavy atom. The van der Waals surface area contributed by atoms with Crippen molar-refractivity contribution in [1.29, 1.82) is 0 Å². The summed E-state index contributed by atoms with van der Waals surface area (Å²) in [6.07, 6.45) is 3.30. The number of hydrogen-bond acceptors (Lipinski definition) is 2.